The van der Waals surface area contributed by atoms with Crippen molar-refractivity contribution in [1.29, 1.82) is 0 Å². The molecular formula is C8H16N2O4Pt. The molecule has 0 aromatic rings. The van der Waals surface area contributed by atoms with Crippen LogP contribution in [0.5, 0.6) is 0 Å². The average Bonchev–Trinajstić information content (AvgIpc) is 2.04. The molecule has 0 bridgehead atoms. The van der Waals surface area contributed by atoms with E-state index in [9.17, 15) is 0 Å². The zero-order valence-electron chi connectivity index (χ0n) is 8.22. The minimum atomic E-state index is -1.82. The number of hydrogen-bond acceptors (Lipinski definition) is 4. The summed E-state index contributed by atoms with van der Waals surface area (Å²) in [6.45, 7) is 0. The van der Waals surface area contributed by atoms with Crippen LogP contribution in [0.1, 0.15) is 32.1 Å². The zero-order valence-corrected chi connectivity index (χ0v) is 10.5. The van der Waals surface area contributed by atoms with Gasteiger partial charge in [-0.25, -0.2) is 9.59 Å². The minimum Gasteiger partial charge on any atom is -0.473 e. The van der Waals surface area contributed by atoms with Gasteiger partial charge >= 0.3 is 11.9 Å². The van der Waals surface area contributed by atoms with E-state index in [-0.39, 0.29) is 26.7 Å². The predicted octanol–water partition coefficient (Wildman–Crippen LogP) is -0.283. The fourth-order valence-corrected chi connectivity index (χ4v) is 1.21. The Hall–Kier alpha value is -0.452. The maximum Gasteiger partial charge on any atom is 0.414 e. The first-order valence-electron chi connectivity index (χ1n) is 4.39. The third-order valence-electron chi connectivity index (χ3n) is 1.97. The molecule has 15 heavy (non-hydrogen) atoms. The van der Waals surface area contributed by atoms with Crippen LogP contribution in [-0.2, 0) is 30.7 Å². The Labute approximate surface area is 102 Å². The normalized spacial score (nSPS) is 17.7. The van der Waals surface area contributed by atoms with Crippen molar-refractivity contribution in [2.24, 2.45) is 11.5 Å². The summed E-state index contributed by atoms with van der Waals surface area (Å²) in [5, 5.41) is 14.8. The van der Waals surface area contributed by atoms with Crippen LogP contribution in [0.2, 0.25) is 0 Å². The monoisotopic (exact) mass is 399 g/mol. The van der Waals surface area contributed by atoms with E-state index in [1.54, 1.807) is 0 Å². The molecular weight excluding hydrogens is 383 g/mol. The summed E-state index contributed by atoms with van der Waals surface area (Å²) in [5.41, 5.74) is 11.0. The second-order valence-corrected chi connectivity index (χ2v) is 3.40. The van der Waals surface area contributed by atoms with Crippen LogP contribution in [-0.4, -0.2) is 27.8 Å². The Kier molecular flexibility index (Phi) is 8.81. The van der Waals surface area contributed by atoms with Crippen molar-refractivity contribution in [2.45, 2.75) is 37.8 Å². The molecule has 0 radical (unpaired) electrons. The first kappa shape index (κ1) is 17.0. The Balaban J connectivity index is 0. The molecule has 0 spiro atoms. The summed E-state index contributed by atoms with van der Waals surface area (Å²) < 4.78 is 0. The van der Waals surface area contributed by atoms with Gasteiger partial charge in [0.2, 0.25) is 0 Å². The van der Waals surface area contributed by atoms with E-state index < -0.39 is 11.9 Å². The largest absolute Gasteiger partial charge is 0.473 e. The molecule has 1 aliphatic rings. The van der Waals surface area contributed by atoms with Crippen molar-refractivity contribution in [1.82, 2.24) is 0 Å². The van der Waals surface area contributed by atoms with E-state index in [0.717, 1.165) is 12.8 Å². The van der Waals surface area contributed by atoms with Gasteiger partial charge in [-0.15, -0.1) is 0 Å². The Bertz CT molecular complexity index is 201. The molecule has 1 rings (SSSR count). The van der Waals surface area contributed by atoms with Gasteiger partial charge in [-0.2, -0.15) is 0 Å². The number of nitrogens with two attached hydrogens (primary N) is 2. The summed E-state index contributed by atoms with van der Waals surface area (Å²) in [6.07, 6.45) is 5.76. The number of rotatable bonds is 0. The van der Waals surface area contributed by atoms with Crippen LogP contribution in [0.25, 0.3) is 0 Å². The van der Waals surface area contributed by atoms with Crippen LogP contribution in [0.15, 0.2) is 0 Å². The maximum absolute atomic E-state index is 9.10. The second kappa shape index (κ2) is 7.79. The molecule has 6 N–H and O–H groups in total. The van der Waals surface area contributed by atoms with E-state index in [1.807, 2.05) is 0 Å². The van der Waals surface area contributed by atoms with Crippen LogP contribution in [0.4, 0.5) is 0 Å². The molecule has 1 saturated carbocycles. The molecule has 0 aromatic carbocycles. The quantitative estimate of drug-likeness (QED) is 0.328. The van der Waals surface area contributed by atoms with Crippen molar-refractivity contribution >= 4 is 11.9 Å². The molecule has 0 aliphatic heterocycles. The molecule has 0 unspecified atom stereocenters. The molecule has 0 atom stereocenters. The summed E-state index contributed by atoms with van der Waals surface area (Å²) >= 11 is 0. The fourth-order valence-electron chi connectivity index (χ4n) is 1.21. The number of aliphatic carboxylic acids is 2. The fraction of sp³-hybridized carbons (Fsp3) is 0.750. The molecule has 0 saturated heterocycles. The molecule has 1 aliphatic carbocycles. The van der Waals surface area contributed by atoms with Crippen molar-refractivity contribution in [2.75, 3.05) is 0 Å². The van der Waals surface area contributed by atoms with Crippen LogP contribution < -0.4 is 11.5 Å². The van der Waals surface area contributed by atoms with E-state index in [1.165, 1.54) is 19.3 Å². The van der Waals surface area contributed by atoms with Crippen molar-refractivity contribution < 1.29 is 40.9 Å². The minimum absolute atomic E-state index is 0. The van der Waals surface area contributed by atoms with Gasteiger partial charge in [-0.3, -0.25) is 0 Å². The molecule has 0 heterocycles. The van der Waals surface area contributed by atoms with Gasteiger partial charge in [-0.1, -0.05) is 19.3 Å². The Morgan fingerprint density at radius 2 is 1.27 bits per heavy atom. The molecule has 7 heteroatoms. The molecule has 0 amide bonds. The van der Waals surface area contributed by atoms with Gasteiger partial charge in [0.1, 0.15) is 0 Å². The van der Waals surface area contributed by atoms with Gasteiger partial charge in [0, 0.05) is 21.1 Å². The number of carboxylic acids is 2. The maximum atomic E-state index is 9.10. The van der Waals surface area contributed by atoms with Crippen molar-refractivity contribution in [3.05, 3.63) is 0 Å². The summed E-state index contributed by atoms with van der Waals surface area (Å²) in [7, 11) is 0. The molecule has 6 nitrogen and oxygen atoms in total. The van der Waals surface area contributed by atoms with E-state index in [2.05, 4.69) is 0 Å². The first-order chi connectivity index (χ1) is 6.35. The van der Waals surface area contributed by atoms with Crippen molar-refractivity contribution in [3.8, 4) is 0 Å². The summed E-state index contributed by atoms with van der Waals surface area (Å²) in [6, 6.07) is 0. The Morgan fingerprint density at radius 3 is 1.40 bits per heavy atom. The van der Waals surface area contributed by atoms with Gasteiger partial charge in [0.05, 0.1) is 5.66 Å². The van der Waals surface area contributed by atoms with Gasteiger partial charge in [0.25, 0.3) is 0 Å². The zero-order chi connectivity index (χ0) is 11.2. The smallest absolute Gasteiger partial charge is 0.414 e. The van der Waals surface area contributed by atoms with Gasteiger partial charge in [-0.05, 0) is 12.8 Å². The van der Waals surface area contributed by atoms with Crippen LogP contribution in [0, 0.1) is 0 Å². The van der Waals surface area contributed by atoms with Crippen LogP contribution >= 0.6 is 0 Å². The Morgan fingerprint density at radius 1 is 0.933 bits per heavy atom. The third kappa shape index (κ3) is 9.84. The average molecular weight is 399 g/mol. The summed E-state index contributed by atoms with van der Waals surface area (Å²) in [5.74, 6) is -3.65. The van der Waals surface area contributed by atoms with Gasteiger partial charge < -0.3 is 21.7 Å². The standard InChI is InChI=1S/C6H14N2.C2H2O4.Pt/c7-6(8)4-2-1-3-5-6;3-1(4)2(5)6;/h1-5,7-8H2;(H,3,4)(H,5,6);. The van der Waals surface area contributed by atoms with Crippen LogP contribution in [0.3, 0.4) is 0 Å². The number of carboxylic acid groups (broad SMARTS) is 2. The van der Waals surface area contributed by atoms with E-state index in [4.69, 9.17) is 31.3 Å². The molecule has 92 valence electrons. The number of carbonyl (C=O) groups is 2. The van der Waals surface area contributed by atoms with Crippen molar-refractivity contribution in [3.63, 3.8) is 0 Å². The SMILES string of the molecule is NC1(N)CCCCC1.O=C(O)C(=O)O.[Pt]. The molecule has 1 fully saturated rings. The molecule has 0 aromatic heterocycles. The van der Waals surface area contributed by atoms with E-state index in [0.29, 0.717) is 0 Å². The second-order valence-electron chi connectivity index (χ2n) is 3.40. The first-order valence-corrected chi connectivity index (χ1v) is 4.39. The topological polar surface area (TPSA) is 127 Å². The summed E-state index contributed by atoms with van der Waals surface area (Å²) in [4.78, 5) is 18.2. The number of hydrogen-bond donors (Lipinski definition) is 4. The van der Waals surface area contributed by atoms with E-state index >= 15 is 0 Å². The predicted molar refractivity (Wildman–Crippen MR) is 49.5 cm³/mol. The third-order valence-corrected chi connectivity index (χ3v) is 1.97. The van der Waals surface area contributed by atoms with Gasteiger partial charge in [0.15, 0.2) is 0 Å².